The first-order valence-electron chi connectivity index (χ1n) is 8.76. The van der Waals surface area contributed by atoms with E-state index in [9.17, 15) is 19.7 Å². The number of fused-ring (bicyclic) bond motifs is 1. The van der Waals surface area contributed by atoms with Crippen LogP contribution in [0.25, 0.3) is 6.08 Å². The smallest absolute Gasteiger partial charge is 0.331 e. The van der Waals surface area contributed by atoms with Crippen molar-refractivity contribution in [1.29, 1.82) is 0 Å². The molecule has 9 heteroatoms. The Kier molecular flexibility index (Phi) is 6.08. The second-order valence-corrected chi connectivity index (χ2v) is 6.11. The molecule has 150 valence electrons. The van der Waals surface area contributed by atoms with E-state index < -0.39 is 22.9 Å². The molecule has 3 rings (SSSR count). The number of rotatable bonds is 6. The van der Waals surface area contributed by atoms with Crippen LogP contribution in [0.1, 0.15) is 12.5 Å². The van der Waals surface area contributed by atoms with Crippen LogP contribution in [0.15, 0.2) is 48.5 Å². The van der Waals surface area contributed by atoms with E-state index in [2.05, 4.69) is 5.32 Å². The summed E-state index contributed by atoms with van der Waals surface area (Å²) in [5, 5.41) is 13.3. The lowest BCUT2D eigenvalue weighted by Crippen LogP contribution is -2.29. The molecule has 1 amide bonds. The Morgan fingerprint density at radius 2 is 1.83 bits per heavy atom. The predicted octanol–water partition coefficient (Wildman–Crippen LogP) is 2.95. The molecule has 0 fully saturated rings. The van der Waals surface area contributed by atoms with Crippen LogP contribution < -0.4 is 14.8 Å². The molecule has 0 saturated heterocycles. The van der Waals surface area contributed by atoms with Gasteiger partial charge < -0.3 is 19.5 Å². The van der Waals surface area contributed by atoms with E-state index in [4.69, 9.17) is 14.2 Å². The number of amides is 1. The third-order valence-electron chi connectivity index (χ3n) is 3.99. The molecule has 2 aromatic rings. The lowest BCUT2D eigenvalue weighted by molar-refractivity contribution is -0.384. The molecule has 29 heavy (non-hydrogen) atoms. The van der Waals surface area contributed by atoms with E-state index in [0.29, 0.717) is 36.0 Å². The van der Waals surface area contributed by atoms with Crippen LogP contribution >= 0.6 is 0 Å². The van der Waals surface area contributed by atoms with Gasteiger partial charge in [-0.1, -0.05) is 0 Å². The highest BCUT2D eigenvalue weighted by atomic mass is 16.6. The summed E-state index contributed by atoms with van der Waals surface area (Å²) in [6.45, 7) is 2.35. The van der Waals surface area contributed by atoms with Gasteiger partial charge in [0.05, 0.1) is 4.92 Å². The van der Waals surface area contributed by atoms with E-state index in [1.54, 1.807) is 18.2 Å². The zero-order valence-corrected chi connectivity index (χ0v) is 15.5. The summed E-state index contributed by atoms with van der Waals surface area (Å²) in [5.41, 5.74) is 1.03. The lowest BCUT2D eigenvalue weighted by atomic mass is 10.2. The standard InChI is InChI=1S/C20H18N2O7/c1-13(20(24)21-15-5-8-17-18(12-15)28-11-10-27-17)29-19(23)9-4-14-2-6-16(7-3-14)22(25)26/h2-9,12-13H,10-11H2,1H3,(H,21,24)/b9-4+/t13-/m1/s1. The minimum absolute atomic E-state index is 0.0471. The van der Waals surface area contributed by atoms with Crippen LogP contribution in [0, 0.1) is 10.1 Å². The van der Waals surface area contributed by atoms with Gasteiger partial charge in [0.2, 0.25) is 0 Å². The summed E-state index contributed by atoms with van der Waals surface area (Å²) >= 11 is 0. The van der Waals surface area contributed by atoms with Crippen molar-refractivity contribution in [3.8, 4) is 11.5 Å². The highest BCUT2D eigenvalue weighted by molar-refractivity contribution is 5.96. The van der Waals surface area contributed by atoms with Crippen LogP contribution in [-0.2, 0) is 14.3 Å². The summed E-state index contributed by atoms with van der Waals surface area (Å²) in [6.07, 6.45) is 1.56. The molecule has 0 unspecified atom stereocenters. The predicted molar refractivity (Wildman–Crippen MR) is 104 cm³/mol. The molecule has 1 heterocycles. The van der Waals surface area contributed by atoms with E-state index in [1.807, 2.05) is 0 Å². The Hall–Kier alpha value is -3.88. The average Bonchev–Trinajstić information content (AvgIpc) is 2.72. The summed E-state index contributed by atoms with van der Waals surface area (Å²) < 4.78 is 16.0. The number of hydrogen-bond acceptors (Lipinski definition) is 7. The molecule has 0 bridgehead atoms. The number of benzene rings is 2. The number of carbonyl (C=O) groups is 2. The first-order valence-corrected chi connectivity index (χ1v) is 8.76. The van der Waals surface area contributed by atoms with Gasteiger partial charge in [0.15, 0.2) is 17.6 Å². The number of carbonyl (C=O) groups excluding carboxylic acids is 2. The van der Waals surface area contributed by atoms with Crippen molar-refractivity contribution in [2.24, 2.45) is 0 Å². The number of ether oxygens (including phenoxy) is 3. The molecule has 0 radical (unpaired) electrons. The Balaban J connectivity index is 1.53. The van der Waals surface area contributed by atoms with E-state index in [0.717, 1.165) is 6.08 Å². The van der Waals surface area contributed by atoms with Crippen molar-refractivity contribution in [2.75, 3.05) is 18.5 Å². The minimum atomic E-state index is -1.03. The van der Waals surface area contributed by atoms with Gasteiger partial charge in [-0.25, -0.2) is 4.79 Å². The monoisotopic (exact) mass is 398 g/mol. The van der Waals surface area contributed by atoms with Crippen molar-refractivity contribution < 1.29 is 28.7 Å². The summed E-state index contributed by atoms with van der Waals surface area (Å²) in [4.78, 5) is 34.3. The molecule has 2 aromatic carbocycles. The minimum Gasteiger partial charge on any atom is -0.486 e. The van der Waals surface area contributed by atoms with E-state index in [-0.39, 0.29) is 5.69 Å². The Labute approximate surface area is 166 Å². The summed E-state index contributed by atoms with van der Waals surface area (Å²) in [7, 11) is 0. The number of non-ortho nitro benzene ring substituents is 1. The number of nitrogens with one attached hydrogen (secondary N) is 1. The van der Waals surface area contributed by atoms with E-state index >= 15 is 0 Å². The SMILES string of the molecule is C[C@@H](OC(=O)/C=C/c1ccc([N+](=O)[O-])cc1)C(=O)Nc1ccc2c(c1)OCCO2. The Morgan fingerprint density at radius 1 is 1.14 bits per heavy atom. The normalized spacial score (nSPS) is 13.6. The van der Waals surface area contributed by atoms with Crippen molar-refractivity contribution >= 4 is 29.3 Å². The van der Waals surface area contributed by atoms with Gasteiger partial charge in [0.1, 0.15) is 13.2 Å². The van der Waals surface area contributed by atoms with Crippen LogP contribution in [0.2, 0.25) is 0 Å². The molecular formula is C20H18N2O7. The number of anilines is 1. The van der Waals surface area contributed by atoms with Gasteiger partial charge in [-0.05, 0) is 42.8 Å². The first-order chi connectivity index (χ1) is 13.9. The van der Waals surface area contributed by atoms with Crippen molar-refractivity contribution in [3.63, 3.8) is 0 Å². The maximum Gasteiger partial charge on any atom is 0.331 e. The van der Waals surface area contributed by atoms with Crippen molar-refractivity contribution in [1.82, 2.24) is 0 Å². The number of nitrogens with zero attached hydrogens (tertiary/aromatic N) is 1. The molecule has 0 aromatic heterocycles. The molecule has 0 aliphatic carbocycles. The van der Waals surface area contributed by atoms with Gasteiger partial charge in [-0.3, -0.25) is 14.9 Å². The molecule has 1 N–H and O–H groups in total. The first kappa shape index (κ1) is 19.9. The lowest BCUT2D eigenvalue weighted by Gasteiger charge is -2.19. The third-order valence-corrected chi connectivity index (χ3v) is 3.99. The van der Waals surface area contributed by atoms with E-state index in [1.165, 1.54) is 37.3 Å². The molecule has 1 aliphatic heterocycles. The van der Waals surface area contributed by atoms with Gasteiger partial charge in [0.25, 0.3) is 11.6 Å². The molecule has 1 aliphatic rings. The number of nitro benzene ring substituents is 1. The van der Waals surface area contributed by atoms with Crippen molar-refractivity contribution in [3.05, 3.63) is 64.2 Å². The highest BCUT2D eigenvalue weighted by Gasteiger charge is 2.18. The quantitative estimate of drug-likeness (QED) is 0.344. The maximum absolute atomic E-state index is 12.2. The molecule has 1 atom stereocenters. The second-order valence-electron chi connectivity index (χ2n) is 6.11. The molecular weight excluding hydrogens is 380 g/mol. The highest BCUT2D eigenvalue weighted by Crippen LogP contribution is 2.32. The fourth-order valence-corrected chi connectivity index (χ4v) is 2.50. The topological polar surface area (TPSA) is 117 Å². The fraction of sp³-hybridized carbons (Fsp3) is 0.200. The number of hydrogen-bond donors (Lipinski definition) is 1. The van der Waals surface area contributed by atoms with Crippen molar-refractivity contribution in [2.45, 2.75) is 13.0 Å². The Morgan fingerprint density at radius 3 is 2.52 bits per heavy atom. The zero-order valence-electron chi connectivity index (χ0n) is 15.5. The molecule has 0 saturated carbocycles. The zero-order chi connectivity index (χ0) is 20.8. The third kappa shape index (κ3) is 5.32. The van der Waals surface area contributed by atoms with Gasteiger partial charge >= 0.3 is 5.97 Å². The van der Waals surface area contributed by atoms with Crippen LogP contribution in [-0.4, -0.2) is 36.1 Å². The Bertz CT molecular complexity index is 954. The van der Waals surface area contributed by atoms with Crippen LogP contribution in [0.4, 0.5) is 11.4 Å². The molecule has 0 spiro atoms. The average molecular weight is 398 g/mol. The second kappa shape index (κ2) is 8.87. The number of nitro groups is 1. The van der Waals surface area contributed by atoms with Gasteiger partial charge in [0, 0.05) is 30.0 Å². The fourth-order valence-electron chi connectivity index (χ4n) is 2.50. The number of esters is 1. The summed E-state index contributed by atoms with van der Waals surface area (Å²) in [6, 6.07) is 10.6. The van der Waals surface area contributed by atoms with Crippen LogP contribution in [0.5, 0.6) is 11.5 Å². The molecule has 9 nitrogen and oxygen atoms in total. The maximum atomic E-state index is 12.2. The largest absolute Gasteiger partial charge is 0.486 e. The van der Waals surface area contributed by atoms with Crippen LogP contribution in [0.3, 0.4) is 0 Å². The van der Waals surface area contributed by atoms with Gasteiger partial charge in [-0.15, -0.1) is 0 Å². The summed E-state index contributed by atoms with van der Waals surface area (Å²) in [5.74, 6) is -0.0817. The van der Waals surface area contributed by atoms with Gasteiger partial charge in [-0.2, -0.15) is 0 Å².